The Balaban J connectivity index is 2.57. The first-order valence-electron chi connectivity index (χ1n) is 8.38. The highest BCUT2D eigenvalue weighted by Crippen LogP contribution is 2.10. The number of nitrogens with two attached hydrogens (primary N) is 1. The van der Waals surface area contributed by atoms with Gasteiger partial charge in [0.2, 0.25) is 17.7 Å². The number of amides is 3. The fourth-order valence-electron chi connectivity index (χ4n) is 2.15. The van der Waals surface area contributed by atoms with E-state index in [4.69, 9.17) is 10.8 Å². The number of carboxylic acid groups (broad SMARTS) is 1. The topological polar surface area (TPSA) is 191 Å². The predicted molar refractivity (Wildman–Crippen MR) is 97.1 cm³/mol. The lowest BCUT2D eigenvalue weighted by Crippen LogP contribution is -2.56. The summed E-state index contributed by atoms with van der Waals surface area (Å²) in [6.45, 7) is -0.0137. The van der Waals surface area contributed by atoms with Crippen molar-refractivity contribution in [2.75, 3.05) is 13.2 Å². The zero-order chi connectivity index (χ0) is 21.3. The molecule has 0 aliphatic heterocycles. The van der Waals surface area contributed by atoms with E-state index in [9.17, 15) is 29.4 Å². The number of carbonyl (C=O) groups is 4. The fraction of sp³-hybridized carbons (Fsp3) is 0.412. The number of aliphatic hydroxyl groups is 1. The van der Waals surface area contributed by atoms with Gasteiger partial charge in [-0.3, -0.25) is 19.2 Å². The van der Waals surface area contributed by atoms with Crippen molar-refractivity contribution >= 4 is 23.7 Å². The molecule has 11 heteroatoms. The van der Waals surface area contributed by atoms with Crippen molar-refractivity contribution in [2.24, 2.45) is 5.73 Å². The molecule has 0 bridgehead atoms. The van der Waals surface area contributed by atoms with E-state index in [0.717, 1.165) is 0 Å². The summed E-state index contributed by atoms with van der Waals surface area (Å²) in [6.07, 6.45) is 0.139. The lowest BCUT2D eigenvalue weighted by molar-refractivity contribution is -0.138. The van der Waals surface area contributed by atoms with Gasteiger partial charge >= 0.3 is 5.97 Å². The minimum Gasteiger partial charge on any atom is -0.508 e. The molecule has 0 fully saturated rings. The summed E-state index contributed by atoms with van der Waals surface area (Å²) in [5, 5.41) is 33.8. The molecule has 28 heavy (non-hydrogen) atoms. The monoisotopic (exact) mass is 396 g/mol. The first kappa shape index (κ1) is 22.9. The molecule has 1 rings (SSSR count). The number of aromatic hydroxyl groups is 1. The first-order chi connectivity index (χ1) is 13.1. The second-order valence-electron chi connectivity index (χ2n) is 6.06. The Hall–Kier alpha value is -3.18. The summed E-state index contributed by atoms with van der Waals surface area (Å²) in [6, 6.07) is 2.65. The highest BCUT2D eigenvalue weighted by molar-refractivity contribution is 5.93. The number of nitrogens with one attached hydrogen (secondary N) is 3. The zero-order valence-electron chi connectivity index (χ0n) is 15.2. The van der Waals surface area contributed by atoms with Crippen LogP contribution < -0.4 is 21.7 Å². The lowest BCUT2D eigenvalue weighted by Gasteiger charge is -2.21. The maximum atomic E-state index is 12.2. The zero-order valence-corrected chi connectivity index (χ0v) is 15.2. The Labute approximate surface area is 160 Å². The summed E-state index contributed by atoms with van der Waals surface area (Å²) < 4.78 is 0. The molecule has 0 spiro atoms. The van der Waals surface area contributed by atoms with Gasteiger partial charge in [-0.25, -0.2) is 0 Å². The van der Waals surface area contributed by atoms with E-state index in [-0.39, 0.29) is 12.2 Å². The molecule has 3 unspecified atom stereocenters. The van der Waals surface area contributed by atoms with Gasteiger partial charge in [-0.05, 0) is 31.0 Å². The van der Waals surface area contributed by atoms with Crippen molar-refractivity contribution in [1.29, 1.82) is 0 Å². The van der Waals surface area contributed by atoms with Crippen LogP contribution in [0.15, 0.2) is 24.3 Å². The highest BCUT2D eigenvalue weighted by Gasteiger charge is 2.26. The minimum atomic E-state index is -1.34. The second-order valence-corrected chi connectivity index (χ2v) is 6.06. The molecule has 0 saturated heterocycles. The Morgan fingerprint density at radius 2 is 1.64 bits per heavy atom. The molecular weight excluding hydrogens is 372 g/mol. The van der Waals surface area contributed by atoms with Gasteiger partial charge in [0.1, 0.15) is 24.4 Å². The van der Waals surface area contributed by atoms with Crippen LogP contribution in [-0.4, -0.2) is 70.3 Å². The van der Waals surface area contributed by atoms with Crippen molar-refractivity contribution in [1.82, 2.24) is 16.0 Å². The Morgan fingerprint density at radius 3 is 2.18 bits per heavy atom. The summed E-state index contributed by atoms with van der Waals surface area (Å²) >= 11 is 0. The van der Waals surface area contributed by atoms with Crippen molar-refractivity contribution in [2.45, 2.75) is 31.5 Å². The van der Waals surface area contributed by atoms with Crippen molar-refractivity contribution in [3.63, 3.8) is 0 Å². The van der Waals surface area contributed by atoms with Crippen LogP contribution in [0.2, 0.25) is 0 Å². The van der Waals surface area contributed by atoms with E-state index in [0.29, 0.717) is 5.56 Å². The second kappa shape index (κ2) is 10.8. The number of phenols is 1. The van der Waals surface area contributed by atoms with E-state index < -0.39 is 55.0 Å². The Morgan fingerprint density at radius 1 is 1.04 bits per heavy atom. The van der Waals surface area contributed by atoms with Crippen LogP contribution in [-0.2, 0) is 25.6 Å². The molecule has 0 heterocycles. The normalized spacial score (nSPS) is 13.7. The Kier molecular flexibility index (Phi) is 8.85. The average Bonchev–Trinajstić information content (AvgIpc) is 2.65. The first-order valence-corrected chi connectivity index (χ1v) is 8.38. The number of rotatable bonds is 10. The maximum Gasteiger partial charge on any atom is 0.322 e. The molecule has 1 aromatic carbocycles. The summed E-state index contributed by atoms with van der Waals surface area (Å²) in [7, 11) is 0. The molecule has 0 aromatic heterocycles. The largest absolute Gasteiger partial charge is 0.508 e. The number of benzene rings is 1. The molecule has 3 amide bonds. The molecule has 0 aliphatic rings. The van der Waals surface area contributed by atoms with Gasteiger partial charge in [-0.1, -0.05) is 12.1 Å². The van der Waals surface area contributed by atoms with Gasteiger partial charge < -0.3 is 37.0 Å². The van der Waals surface area contributed by atoms with E-state index >= 15 is 0 Å². The minimum absolute atomic E-state index is 0.0697. The smallest absolute Gasteiger partial charge is 0.322 e. The van der Waals surface area contributed by atoms with Gasteiger partial charge in [0.15, 0.2) is 0 Å². The molecule has 154 valence electrons. The Bertz CT molecular complexity index is 708. The molecule has 0 saturated carbocycles. The van der Waals surface area contributed by atoms with E-state index in [1.54, 1.807) is 12.1 Å². The molecule has 1 aromatic rings. The third-order valence-electron chi connectivity index (χ3n) is 3.71. The third kappa shape index (κ3) is 7.60. The van der Waals surface area contributed by atoms with Gasteiger partial charge in [-0.15, -0.1) is 0 Å². The standard InChI is InChI=1S/C17H24N4O7/c1-9(15(26)19-7-14(24)25)20-17(28)13(8-22)21-16(27)12(18)6-10-2-4-11(23)5-3-10/h2-5,9,12-13,22-23H,6-8,18H2,1H3,(H,19,26)(H,20,28)(H,21,27)(H,24,25). The van der Waals surface area contributed by atoms with Crippen LogP contribution in [0.1, 0.15) is 12.5 Å². The van der Waals surface area contributed by atoms with Gasteiger partial charge in [0, 0.05) is 0 Å². The van der Waals surface area contributed by atoms with Gasteiger partial charge in [-0.2, -0.15) is 0 Å². The highest BCUT2D eigenvalue weighted by atomic mass is 16.4. The number of aliphatic hydroxyl groups excluding tert-OH is 1. The fourth-order valence-corrected chi connectivity index (χ4v) is 2.15. The number of hydrogen-bond acceptors (Lipinski definition) is 7. The third-order valence-corrected chi connectivity index (χ3v) is 3.71. The number of carbonyl (C=O) groups excluding carboxylic acids is 3. The van der Waals surface area contributed by atoms with Crippen LogP contribution in [0.25, 0.3) is 0 Å². The number of phenolic OH excluding ortho intramolecular Hbond substituents is 1. The molecule has 11 nitrogen and oxygen atoms in total. The molecule has 3 atom stereocenters. The predicted octanol–water partition coefficient (Wildman–Crippen LogP) is -2.56. The van der Waals surface area contributed by atoms with Crippen LogP contribution in [0.5, 0.6) is 5.75 Å². The van der Waals surface area contributed by atoms with Crippen LogP contribution in [0, 0.1) is 0 Å². The van der Waals surface area contributed by atoms with Crippen molar-refractivity contribution in [3.8, 4) is 5.75 Å². The SMILES string of the molecule is CC(NC(=O)C(CO)NC(=O)C(N)Cc1ccc(O)cc1)C(=O)NCC(=O)O. The van der Waals surface area contributed by atoms with Crippen LogP contribution in [0.3, 0.4) is 0 Å². The molecule has 0 aliphatic carbocycles. The number of carboxylic acids is 1. The molecule has 0 radical (unpaired) electrons. The lowest BCUT2D eigenvalue weighted by atomic mass is 10.1. The summed E-state index contributed by atoms with van der Waals surface area (Å²) in [5.41, 5.74) is 6.49. The van der Waals surface area contributed by atoms with Gasteiger partial charge in [0.05, 0.1) is 12.6 Å². The maximum absolute atomic E-state index is 12.2. The van der Waals surface area contributed by atoms with E-state index in [2.05, 4.69) is 16.0 Å². The molecular formula is C17H24N4O7. The summed E-state index contributed by atoms with van der Waals surface area (Å²) in [4.78, 5) is 46.4. The van der Waals surface area contributed by atoms with Crippen LogP contribution in [0.4, 0.5) is 0 Å². The average molecular weight is 396 g/mol. The quantitative estimate of drug-likeness (QED) is 0.225. The van der Waals surface area contributed by atoms with E-state index in [1.165, 1.54) is 19.1 Å². The number of aliphatic carboxylic acids is 1. The summed E-state index contributed by atoms with van der Waals surface area (Å²) in [5.74, 6) is -3.42. The van der Waals surface area contributed by atoms with Crippen molar-refractivity contribution in [3.05, 3.63) is 29.8 Å². The van der Waals surface area contributed by atoms with Crippen LogP contribution >= 0.6 is 0 Å². The van der Waals surface area contributed by atoms with E-state index in [1.807, 2.05) is 0 Å². The van der Waals surface area contributed by atoms with Gasteiger partial charge in [0.25, 0.3) is 0 Å². The number of hydrogen-bond donors (Lipinski definition) is 7. The molecule has 8 N–H and O–H groups in total. The van der Waals surface area contributed by atoms with Crippen molar-refractivity contribution < 1.29 is 34.5 Å².